The monoisotopic (exact) mass is 290 g/mol. The number of benzene rings is 2. The molecule has 0 unspecified atom stereocenters. The smallest absolute Gasteiger partial charge is 0.129 e. The third kappa shape index (κ3) is 2.96. The van der Waals surface area contributed by atoms with Gasteiger partial charge in [-0.2, -0.15) is 0 Å². The Kier molecular flexibility index (Phi) is 3.84. The summed E-state index contributed by atoms with van der Waals surface area (Å²) in [6.07, 6.45) is 0. The van der Waals surface area contributed by atoms with Gasteiger partial charge >= 0.3 is 0 Å². The van der Waals surface area contributed by atoms with Crippen LogP contribution in [0.1, 0.15) is 27.8 Å². The highest BCUT2D eigenvalue weighted by Crippen LogP contribution is 2.22. The van der Waals surface area contributed by atoms with E-state index in [0.717, 1.165) is 17.9 Å². The highest BCUT2D eigenvalue weighted by Gasteiger charge is 2.05. The van der Waals surface area contributed by atoms with Crippen LogP contribution in [0.5, 0.6) is 0 Å². The fraction of sp³-hybridized carbons (Fsp3) is 0.250. The fourth-order valence-electron chi connectivity index (χ4n) is 2.78. The van der Waals surface area contributed by atoms with E-state index in [1.807, 2.05) is 0 Å². The maximum atomic E-state index is 4.79. The van der Waals surface area contributed by atoms with Crippen molar-refractivity contribution in [1.29, 1.82) is 0 Å². The number of rotatable bonds is 3. The van der Waals surface area contributed by atoms with Crippen LogP contribution in [0.25, 0.3) is 10.9 Å². The van der Waals surface area contributed by atoms with E-state index >= 15 is 0 Å². The minimum absolute atomic E-state index is 0.803. The topological polar surface area (TPSA) is 24.9 Å². The van der Waals surface area contributed by atoms with Crippen LogP contribution >= 0.6 is 0 Å². The predicted octanol–water partition coefficient (Wildman–Crippen LogP) is 5.08. The summed E-state index contributed by atoms with van der Waals surface area (Å²) in [7, 11) is 0. The van der Waals surface area contributed by atoms with Crippen LogP contribution in [0.2, 0.25) is 0 Å². The van der Waals surface area contributed by atoms with Gasteiger partial charge in [0.2, 0.25) is 0 Å². The maximum absolute atomic E-state index is 4.79. The lowest BCUT2D eigenvalue weighted by atomic mass is 10.1. The fourth-order valence-corrected chi connectivity index (χ4v) is 2.78. The Morgan fingerprint density at radius 2 is 1.55 bits per heavy atom. The van der Waals surface area contributed by atoms with Crippen LogP contribution in [-0.4, -0.2) is 4.98 Å². The number of pyridine rings is 1. The average Bonchev–Trinajstić information content (AvgIpc) is 2.47. The number of nitrogens with one attached hydrogen (secondary N) is 1. The maximum Gasteiger partial charge on any atom is 0.129 e. The minimum atomic E-state index is 0.803. The standard InChI is InChI=1S/C20H22N2/c1-13-6-8-18(15(3)9-13)12-21-20-16(4)11-17-7-5-14(2)10-19(17)22-20/h5-11H,12H2,1-4H3,(H,21,22). The lowest BCUT2D eigenvalue weighted by molar-refractivity contribution is 1.08. The van der Waals surface area contributed by atoms with Crippen molar-refractivity contribution in [2.24, 2.45) is 0 Å². The summed E-state index contributed by atoms with van der Waals surface area (Å²) in [6.45, 7) is 9.30. The molecule has 0 fully saturated rings. The van der Waals surface area contributed by atoms with Gasteiger partial charge in [-0.3, -0.25) is 0 Å². The number of nitrogens with zero attached hydrogens (tertiary/aromatic N) is 1. The van der Waals surface area contributed by atoms with Gasteiger partial charge in [0.1, 0.15) is 5.82 Å². The number of hydrogen-bond acceptors (Lipinski definition) is 2. The molecule has 3 aromatic rings. The molecule has 0 bridgehead atoms. The van der Waals surface area contributed by atoms with E-state index < -0.39 is 0 Å². The van der Waals surface area contributed by atoms with Gasteiger partial charge in [0, 0.05) is 11.9 Å². The van der Waals surface area contributed by atoms with Crippen LogP contribution in [0.15, 0.2) is 42.5 Å². The van der Waals surface area contributed by atoms with Crippen molar-refractivity contribution in [2.75, 3.05) is 5.32 Å². The van der Waals surface area contributed by atoms with Gasteiger partial charge in [-0.25, -0.2) is 4.98 Å². The summed E-state index contributed by atoms with van der Waals surface area (Å²) in [5, 5.41) is 4.68. The molecule has 2 heteroatoms. The Bertz CT molecular complexity index is 834. The van der Waals surface area contributed by atoms with Gasteiger partial charge in [-0.1, -0.05) is 35.9 Å². The quantitative estimate of drug-likeness (QED) is 0.727. The lowest BCUT2D eigenvalue weighted by Crippen LogP contribution is -2.05. The Labute approximate surface area is 132 Å². The molecule has 0 amide bonds. The van der Waals surface area contributed by atoms with E-state index in [4.69, 9.17) is 4.98 Å². The molecule has 0 saturated carbocycles. The zero-order valence-corrected chi connectivity index (χ0v) is 13.7. The van der Waals surface area contributed by atoms with E-state index in [9.17, 15) is 0 Å². The van der Waals surface area contributed by atoms with E-state index in [-0.39, 0.29) is 0 Å². The second-order valence-electron chi connectivity index (χ2n) is 6.13. The molecule has 112 valence electrons. The van der Waals surface area contributed by atoms with Crippen LogP contribution in [-0.2, 0) is 6.54 Å². The highest BCUT2D eigenvalue weighted by atomic mass is 15.0. The Morgan fingerprint density at radius 1 is 0.818 bits per heavy atom. The van der Waals surface area contributed by atoms with Crippen molar-refractivity contribution in [3.8, 4) is 0 Å². The summed E-state index contributed by atoms with van der Waals surface area (Å²) >= 11 is 0. The number of fused-ring (bicyclic) bond motifs is 1. The summed E-state index contributed by atoms with van der Waals surface area (Å²) in [4.78, 5) is 4.79. The Balaban J connectivity index is 1.88. The normalized spacial score (nSPS) is 10.9. The van der Waals surface area contributed by atoms with Gasteiger partial charge in [0.15, 0.2) is 0 Å². The first-order chi connectivity index (χ1) is 10.5. The second kappa shape index (κ2) is 5.80. The van der Waals surface area contributed by atoms with E-state index in [1.54, 1.807) is 0 Å². The first-order valence-electron chi connectivity index (χ1n) is 7.71. The number of aromatic nitrogens is 1. The minimum Gasteiger partial charge on any atom is -0.366 e. The first kappa shape index (κ1) is 14.6. The number of hydrogen-bond donors (Lipinski definition) is 1. The van der Waals surface area contributed by atoms with Crippen molar-refractivity contribution in [2.45, 2.75) is 34.2 Å². The molecule has 3 rings (SSSR count). The second-order valence-corrected chi connectivity index (χ2v) is 6.13. The van der Waals surface area contributed by atoms with Gasteiger partial charge < -0.3 is 5.32 Å². The van der Waals surface area contributed by atoms with Gasteiger partial charge in [0.25, 0.3) is 0 Å². The molecule has 0 radical (unpaired) electrons. The molecule has 0 aliphatic rings. The third-order valence-electron chi connectivity index (χ3n) is 4.11. The Hall–Kier alpha value is -2.35. The molecule has 1 aromatic heterocycles. The molecule has 0 aliphatic heterocycles. The average molecular weight is 290 g/mol. The largest absolute Gasteiger partial charge is 0.366 e. The summed E-state index contributed by atoms with van der Waals surface area (Å²) in [5.74, 6) is 0.970. The summed E-state index contributed by atoms with van der Waals surface area (Å²) in [5.41, 5.74) is 7.41. The molecule has 0 spiro atoms. The van der Waals surface area contributed by atoms with Crippen molar-refractivity contribution >= 4 is 16.7 Å². The Morgan fingerprint density at radius 3 is 2.32 bits per heavy atom. The molecule has 0 saturated heterocycles. The van der Waals surface area contributed by atoms with Crippen LogP contribution in [0, 0.1) is 27.7 Å². The van der Waals surface area contributed by atoms with Crippen LogP contribution in [0.4, 0.5) is 5.82 Å². The third-order valence-corrected chi connectivity index (χ3v) is 4.11. The van der Waals surface area contributed by atoms with E-state index in [1.165, 1.54) is 33.2 Å². The van der Waals surface area contributed by atoms with Gasteiger partial charge in [0.05, 0.1) is 5.52 Å². The lowest BCUT2D eigenvalue weighted by Gasteiger charge is -2.12. The summed E-state index contributed by atoms with van der Waals surface area (Å²) in [6, 6.07) is 15.2. The molecule has 2 aromatic carbocycles. The van der Waals surface area contributed by atoms with Crippen LogP contribution in [0.3, 0.4) is 0 Å². The summed E-state index contributed by atoms with van der Waals surface area (Å²) < 4.78 is 0. The molecule has 1 heterocycles. The van der Waals surface area contributed by atoms with Crippen molar-refractivity contribution in [3.05, 3.63) is 70.3 Å². The van der Waals surface area contributed by atoms with Crippen LogP contribution < -0.4 is 5.32 Å². The van der Waals surface area contributed by atoms with Gasteiger partial charge in [-0.05, 0) is 62.1 Å². The van der Waals surface area contributed by atoms with Crippen molar-refractivity contribution in [1.82, 2.24) is 4.98 Å². The molecule has 1 N–H and O–H groups in total. The molecule has 22 heavy (non-hydrogen) atoms. The van der Waals surface area contributed by atoms with E-state index in [0.29, 0.717) is 0 Å². The number of aryl methyl sites for hydroxylation is 4. The molecular formula is C20H22N2. The zero-order chi connectivity index (χ0) is 15.7. The predicted molar refractivity (Wildman–Crippen MR) is 94.5 cm³/mol. The van der Waals surface area contributed by atoms with E-state index in [2.05, 4.69) is 75.5 Å². The van der Waals surface area contributed by atoms with Crippen molar-refractivity contribution < 1.29 is 0 Å². The SMILES string of the molecule is Cc1ccc(CNc2nc3cc(C)ccc3cc2C)c(C)c1. The molecular weight excluding hydrogens is 268 g/mol. The zero-order valence-electron chi connectivity index (χ0n) is 13.7. The molecule has 0 aliphatic carbocycles. The molecule has 2 nitrogen and oxygen atoms in total. The number of anilines is 1. The molecule has 0 atom stereocenters. The highest BCUT2D eigenvalue weighted by molar-refractivity contribution is 5.82. The van der Waals surface area contributed by atoms with Crippen molar-refractivity contribution in [3.63, 3.8) is 0 Å². The first-order valence-corrected chi connectivity index (χ1v) is 7.71. The van der Waals surface area contributed by atoms with Gasteiger partial charge in [-0.15, -0.1) is 0 Å².